The zero-order chi connectivity index (χ0) is 12.3. The van der Waals surface area contributed by atoms with E-state index in [1.54, 1.807) is 24.3 Å². The summed E-state index contributed by atoms with van der Waals surface area (Å²) in [5, 5.41) is 2.73. The summed E-state index contributed by atoms with van der Waals surface area (Å²) >= 11 is 0. The first-order chi connectivity index (χ1) is 8.16. The van der Waals surface area contributed by atoms with Crippen LogP contribution < -0.4 is 11.1 Å². The SMILES string of the molecule is NC(=O)c1ccc(NC(=O)[C@H]2CCCO2)cc1. The first-order valence-electron chi connectivity index (χ1n) is 5.49. The van der Waals surface area contributed by atoms with Crippen molar-refractivity contribution in [1.29, 1.82) is 0 Å². The van der Waals surface area contributed by atoms with Gasteiger partial charge in [0.2, 0.25) is 5.91 Å². The van der Waals surface area contributed by atoms with Gasteiger partial charge in [-0.25, -0.2) is 0 Å². The van der Waals surface area contributed by atoms with E-state index in [2.05, 4.69) is 5.32 Å². The Kier molecular flexibility index (Phi) is 3.39. The Labute approximate surface area is 98.9 Å². The van der Waals surface area contributed by atoms with Crippen molar-refractivity contribution in [1.82, 2.24) is 0 Å². The van der Waals surface area contributed by atoms with Crippen LogP contribution in [0.1, 0.15) is 23.2 Å². The van der Waals surface area contributed by atoms with E-state index < -0.39 is 5.91 Å². The summed E-state index contributed by atoms with van der Waals surface area (Å²) in [6.07, 6.45) is 1.31. The minimum atomic E-state index is -0.484. The Morgan fingerprint density at radius 2 is 2.00 bits per heavy atom. The quantitative estimate of drug-likeness (QED) is 0.815. The van der Waals surface area contributed by atoms with Crippen LogP contribution in [0, 0.1) is 0 Å². The maximum atomic E-state index is 11.7. The zero-order valence-electron chi connectivity index (χ0n) is 9.31. The minimum Gasteiger partial charge on any atom is -0.368 e. The van der Waals surface area contributed by atoms with Crippen molar-refractivity contribution in [3.63, 3.8) is 0 Å². The number of nitrogens with one attached hydrogen (secondary N) is 1. The number of primary amides is 1. The summed E-state index contributed by atoms with van der Waals surface area (Å²) in [5.41, 5.74) is 6.17. The third-order valence-electron chi connectivity index (χ3n) is 2.66. The zero-order valence-corrected chi connectivity index (χ0v) is 9.31. The van der Waals surface area contributed by atoms with Gasteiger partial charge in [-0.2, -0.15) is 0 Å². The van der Waals surface area contributed by atoms with Crippen molar-refractivity contribution in [3.05, 3.63) is 29.8 Å². The molecule has 0 radical (unpaired) electrons. The number of carbonyl (C=O) groups is 2. The summed E-state index contributed by atoms with van der Waals surface area (Å²) in [4.78, 5) is 22.6. The normalized spacial score (nSPS) is 18.9. The lowest BCUT2D eigenvalue weighted by molar-refractivity contribution is -0.124. The van der Waals surface area contributed by atoms with Gasteiger partial charge in [0.1, 0.15) is 6.10 Å². The number of hydrogen-bond donors (Lipinski definition) is 2. The van der Waals surface area contributed by atoms with E-state index in [9.17, 15) is 9.59 Å². The van der Waals surface area contributed by atoms with Crippen LogP contribution >= 0.6 is 0 Å². The van der Waals surface area contributed by atoms with Crippen molar-refractivity contribution < 1.29 is 14.3 Å². The number of amides is 2. The van der Waals surface area contributed by atoms with Gasteiger partial charge in [-0.1, -0.05) is 0 Å². The van der Waals surface area contributed by atoms with Crippen LogP contribution in [0.25, 0.3) is 0 Å². The highest BCUT2D eigenvalue weighted by atomic mass is 16.5. The fraction of sp³-hybridized carbons (Fsp3) is 0.333. The van der Waals surface area contributed by atoms with Crippen molar-refractivity contribution in [2.24, 2.45) is 5.73 Å². The first-order valence-corrected chi connectivity index (χ1v) is 5.49. The molecule has 1 saturated heterocycles. The largest absolute Gasteiger partial charge is 0.368 e. The molecule has 1 aliphatic heterocycles. The molecule has 17 heavy (non-hydrogen) atoms. The Morgan fingerprint density at radius 1 is 1.29 bits per heavy atom. The second kappa shape index (κ2) is 4.97. The lowest BCUT2D eigenvalue weighted by Gasteiger charge is -2.10. The van der Waals surface area contributed by atoms with E-state index in [-0.39, 0.29) is 12.0 Å². The molecule has 2 rings (SSSR count). The average molecular weight is 234 g/mol. The maximum Gasteiger partial charge on any atom is 0.253 e. The highest BCUT2D eigenvalue weighted by Gasteiger charge is 2.23. The molecule has 1 aromatic rings. The Balaban J connectivity index is 1.98. The molecule has 90 valence electrons. The Hall–Kier alpha value is -1.88. The first kappa shape index (κ1) is 11.6. The highest BCUT2D eigenvalue weighted by Crippen LogP contribution is 2.15. The summed E-state index contributed by atoms with van der Waals surface area (Å²) in [6, 6.07) is 6.45. The van der Waals surface area contributed by atoms with Crippen LogP contribution in [0.5, 0.6) is 0 Å². The molecule has 1 aliphatic rings. The van der Waals surface area contributed by atoms with Gasteiger partial charge in [0.05, 0.1) is 0 Å². The van der Waals surface area contributed by atoms with E-state index >= 15 is 0 Å². The second-order valence-corrected chi connectivity index (χ2v) is 3.93. The number of benzene rings is 1. The molecule has 5 nitrogen and oxygen atoms in total. The molecule has 0 saturated carbocycles. The number of anilines is 1. The summed E-state index contributed by atoms with van der Waals surface area (Å²) in [5.74, 6) is -0.628. The fourth-order valence-corrected chi connectivity index (χ4v) is 1.73. The molecule has 5 heteroatoms. The molecule has 1 heterocycles. The van der Waals surface area contributed by atoms with Crippen LogP contribution in [0.3, 0.4) is 0 Å². The van der Waals surface area contributed by atoms with Gasteiger partial charge in [-0.3, -0.25) is 9.59 Å². The van der Waals surface area contributed by atoms with Crippen molar-refractivity contribution in [2.75, 3.05) is 11.9 Å². The Morgan fingerprint density at radius 3 is 2.53 bits per heavy atom. The molecule has 2 amide bonds. The van der Waals surface area contributed by atoms with Gasteiger partial charge in [-0.15, -0.1) is 0 Å². The van der Waals surface area contributed by atoms with E-state index in [1.807, 2.05) is 0 Å². The van der Waals surface area contributed by atoms with Gasteiger partial charge < -0.3 is 15.8 Å². The Bertz CT molecular complexity index is 422. The van der Waals surface area contributed by atoms with E-state index in [4.69, 9.17) is 10.5 Å². The van der Waals surface area contributed by atoms with Crippen molar-refractivity contribution in [2.45, 2.75) is 18.9 Å². The smallest absolute Gasteiger partial charge is 0.253 e. The molecule has 1 aromatic carbocycles. The molecular formula is C12H14N2O3. The van der Waals surface area contributed by atoms with Crippen LogP contribution in [-0.2, 0) is 9.53 Å². The number of rotatable bonds is 3. The molecule has 0 aromatic heterocycles. The fourth-order valence-electron chi connectivity index (χ4n) is 1.73. The van der Waals surface area contributed by atoms with Gasteiger partial charge in [0.25, 0.3) is 5.91 Å². The van der Waals surface area contributed by atoms with E-state index in [0.29, 0.717) is 17.9 Å². The molecule has 0 unspecified atom stereocenters. The van der Waals surface area contributed by atoms with Crippen LogP contribution in [0.15, 0.2) is 24.3 Å². The van der Waals surface area contributed by atoms with Gasteiger partial charge in [0.15, 0.2) is 0 Å². The van der Waals surface area contributed by atoms with Crippen LogP contribution in [0.2, 0.25) is 0 Å². The number of ether oxygens (including phenoxy) is 1. The van der Waals surface area contributed by atoms with Crippen molar-refractivity contribution in [3.8, 4) is 0 Å². The molecule has 0 spiro atoms. The summed E-state index contributed by atoms with van der Waals surface area (Å²) in [6.45, 7) is 0.638. The van der Waals surface area contributed by atoms with E-state index in [1.165, 1.54) is 0 Å². The topological polar surface area (TPSA) is 81.4 Å². The second-order valence-electron chi connectivity index (χ2n) is 3.93. The third-order valence-corrected chi connectivity index (χ3v) is 2.66. The monoisotopic (exact) mass is 234 g/mol. The molecule has 0 aliphatic carbocycles. The lowest BCUT2D eigenvalue weighted by Crippen LogP contribution is -2.26. The average Bonchev–Trinajstić information content (AvgIpc) is 2.83. The summed E-state index contributed by atoms with van der Waals surface area (Å²) in [7, 11) is 0. The number of hydrogen-bond acceptors (Lipinski definition) is 3. The van der Waals surface area contributed by atoms with Crippen molar-refractivity contribution >= 4 is 17.5 Å². The van der Waals surface area contributed by atoms with Gasteiger partial charge >= 0.3 is 0 Å². The minimum absolute atomic E-state index is 0.144. The van der Waals surface area contributed by atoms with Gasteiger partial charge in [-0.05, 0) is 37.1 Å². The predicted molar refractivity (Wildman–Crippen MR) is 62.6 cm³/mol. The van der Waals surface area contributed by atoms with Crippen LogP contribution in [0.4, 0.5) is 5.69 Å². The maximum absolute atomic E-state index is 11.7. The molecule has 0 bridgehead atoms. The predicted octanol–water partition coefficient (Wildman–Crippen LogP) is 0.903. The number of nitrogens with two attached hydrogens (primary N) is 1. The molecular weight excluding hydrogens is 220 g/mol. The molecule has 1 fully saturated rings. The highest BCUT2D eigenvalue weighted by molar-refractivity contribution is 5.96. The van der Waals surface area contributed by atoms with E-state index in [0.717, 1.165) is 12.8 Å². The molecule has 3 N–H and O–H groups in total. The number of carbonyl (C=O) groups excluding carboxylic acids is 2. The molecule has 1 atom stereocenters. The van der Waals surface area contributed by atoms with Crippen LogP contribution in [-0.4, -0.2) is 24.5 Å². The lowest BCUT2D eigenvalue weighted by atomic mass is 10.2. The van der Waals surface area contributed by atoms with Gasteiger partial charge in [0, 0.05) is 17.9 Å². The third kappa shape index (κ3) is 2.82. The standard InChI is InChI=1S/C12H14N2O3/c13-11(15)8-3-5-9(6-4-8)14-12(16)10-2-1-7-17-10/h3-6,10H,1-2,7H2,(H2,13,15)(H,14,16)/t10-/m1/s1. The summed E-state index contributed by atoms with van der Waals surface area (Å²) < 4.78 is 5.26.